The molecule has 0 unspecified atom stereocenters. The third kappa shape index (κ3) is 94.6. The van der Waals surface area contributed by atoms with E-state index in [1.54, 1.807) is 4.70 Å². The van der Waals surface area contributed by atoms with Crippen LogP contribution in [0.3, 0.4) is 0 Å². The maximum atomic E-state index is 13.3. The van der Waals surface area contributed by atoms with Gasteiger partial charge in [0.05, 0.1) is 0 Å². The molecule has 145 heavy (non-hydrogen) atoms. The van der Waals surface area contributed by atoms with Crippen LogP contribution in [-0.2, 0) is 16.5 Å². The molecule has 2 aromatic rings. The molecule has 1 aliphatic rings. The van der Waals surface area contributed by atoms with Crippen molar-refractivity contribution in [2.75, 3.05) is 13.2 Å². The van der Waals surface area contributed by atoms with Crippen LogP contribution in [0.4, 0.5) is 0 Å². The second-order valence-corrected chi connectivity index (χ2v) is 45.2. The van der Waals surface area contributed by atoms with E-state index in [4.69, 9.17) is 10.2 Å². The number of nitrogens with zero attached hydrogens (tertiary/aromatic N) is 2. The SMILES string of the molecule is CCCCCCCCCCCCCCCCCCCCCCCCCC#Cc1cc(C#CCCCCCCCCCCCCCCCCCCCCCCCCC)cc(C2=C(CCCC)C(CCCC)=C(c3cc(C#CCCCCCCCCCCCCCCCCCCCCCCCCC)cc(C#CCCCCCCCCCCCCCCCCCCCCCCCCC)c3)[N+]2=[N-])c1.CCCCO.CCCCO.[Ni]. The van der Waals surface area contributed by atoms with Gasteiger partial charge in [-0.3, -0.25) is 0 Å². The van der Waals surface area contributed by atoms with Gasteiger partial charge in [0, 0.05) is 99.9 Å². The molecule has 0 atom stereocenters. The minimum Gasteiger partial charge on any atom is -0.493 e. The maximum absolute atomic E-state index is 13.3. The van der Waals surface area contributed by atoms with Crippen LogP contribution < -0.4 is 0 Å². The Bertz CT molecular complexity index is 2980. The van der Waals surface area contributed by atoms with Crippen LogP contribution in [0.25, 0.3) is 16.9 Å². The summed E-state index contributed by atoms with van der Waals surface area (Å²) in [5.41, 5.74) is 23.8. The molecule has 0 saturated heterocycles. The largest absolute Gasteiger partial charge is 0.493 e. The molecule has 1 aliphatic heterocycles. The number of hydrogen-bond donors (Lipinski definition) is 2. The Balaban J connectivity index is 0.0000179. The first-order valence-electron chi connectivity index (χ1n) is 65.8. The molecule has 0 fully saturated rings. The van der Waals surface area contributed by atoms with Gasteiger partial charge in [-0.2, -0.15) is 0 Å². The minimum atomic E-state index is 0. The molecule has 2 aromatic carbocycles. The molecule has 0 aliphatic carbocycles. The summed E-state index contributed by atoms with van der Waals surface area (Å²) < 4.78 is 1.60. The summed E-state index contributed by atoms with van der Waals surface area (Å²) in [4.78, 5) is 0. The number of unbranched alkanes of at least 4 members (excludes halogenated alkanes) is 96. The van der Waals surface area contributed by atoms with E-state index in [0.717, 1.165) is 160 Å². The second-order valence-electron chi connectivity index (χ2n) is 45.2. The first-order valence-corrected chi connectivity index (χ1v) is 65.8. The molecule has 0 spiro atoms. The van der Waals surface area contributed by atoms with Crippen LogP contribution in [0.5, 0.6) is 0 Å². The van der Waals surface area contributed by atoms with Crippen LogP contribution in [0.15, 0.2) is 47.5 Å². The number of hydrogen-bond acceptors (Lipinski definition) is 2. The Hall–Kier alpha value is -3.83. The zero-order valence-electron chi connectivity index (χ0n) is 98.9. The van der Waals surface area contributed by atoms with E-state index >= 15 is 0 Å². The number of aliphatic hydroxyl groups excluding tert-OH is 2. The summed E-state index contributed by atoms with van der Waals surface area (Å²) in [6, 6.07) is 13.6. The molecule has 0 saturated carbocycles. The van der Waals surface area contributed by atoms with E-state index in [2.05, 4.69) is 139 Å². The van der Waals surface area contributed by atoms with Crippen molar-refractivity contribution in [3.8, 4) is 47.4 Å². The maximum Gasteiger partial charge on any atom is 0.211 e. The van der Waals surface area contributed by atoms with Gasteiger partial charge in [-0.05, 0) is 101 Å². The molecular weight excluding hydrogens is 1800 g/mol. The van der Waals surface area contributed by atoms with E-state index in [-0.39, 0.29) is 16.5 Å². The fraction of sp³-hybridized carbons (Fsp3) is 0.829. The van der Waals surface area contributed by atoms with E-state index in [9.17, 15) is 5.53 Å². The van der Waals surface area contributed by atoms with Crippen LogP contribution >= 0.6 is 0 Å². The summed E-state index contributed by atoms with van der Waals surface area (Å²) in [5.74, 6) is 29.5. The molecule has 3 rings (SSSR count). The summed E-state index contributed by atoms with van der Waals surface area (Å²) in [5, 5.41) is 16.1. The zero-order chi connectivity index (χ0) is 104. The predicted octanol–water partition coefficient (Wildman–Crippen LogP) is 47.7. The van der Waals surface area contributed by atoms with E-state index in [1.165, 1.54) is 576 Å². The van der Waals surface area contributed by atoms with Crippen molar-refractivity contribution in [1.29, 1.82) is 0 Å². The van der Waals surface area contributed by atoms with Crippen LogP contribution in [0.2, 0.25) is 0 Å². The summed E-state index contributed by atoms with van der Waals surface area (Å²) in [7, 11) is 0. The van der Waals surface area contributed by atoms with Crippen molar-refractivity contribution in [1.82, 2.24) is 0 Å². The second kappa shape index (κ2) is 119. The van der Waals surface area contributed by atoms with Crippen molar-refractivity contribution in [2.24, 2.45) is 0 Å². The molecule has 0 amide bonds. The third-order valence-electron chi connectivity index (χ3n) is 30.9. The molecule has 840 valence electrons. The normalized spacial score (nSPS) is 11.7. The smallest absolute Gasteiger partial charge is 0.211 e. The van der Waals surface area contributed by atoms with Crippen molar-refractivity contribution >= 4 is 11.4 Å². The number of allylic oxidation sites excluding steroid dienone is 2. The first-order chi connectivity index (χ1) is 71.3. The molecule has 1 heterocycles. The monoisotopic (exact) mass is 2050 g/mol. The van der Waals surface area contributed by atoms with Crippen LogP contribution in [-0.4, -0.2) is 28.1 Å². The van der Waals surface area contributed by atoms with Gasteiger partial charge in [0.2, 0.25) is 11.4 Å². The summed E-state index contributed by atoms with van der Waals surface area (Å²) in [6.45, 7) is 18.7. The average molecular weight is 2050 g/mol. The van der Waals surface area contributed by atoms with Crippen molar-refractivity contribution in [3.63, 3.8) is 0 Å². The molecule has 0 radical (unpaired) electrons. The van der Waals surface area contributed by atoms with Crippen molar-refractivity contribution in [3.05, 3.63) is 86.5 Å². The zero-order valence-corrected chi connectivity index (χ0v) is 99.9. The molecule has 0 bridgehead atoms. The van der Waals surface area contributed by atoms with Crippen molar-refractivity contribution in [2.45, 2.75) is 736 Å². The minimum absolute atomic E-state index is 0. The van der Waals surface area contributed by atoms with Crippen LogP contribution in [0.1, 0.15) is 769 Å². The van der Waals surface area contributed by atoms with Gasteiger partial charge < -0.3 is 15.7 Å². The summed E-state index contributed by atoms with van der Waals surface area (Å²) in [6.07, 6.45) is 143. The quantitative estimate of drug-likeness (QED) is 0.0300. The fourth-order valence-electron chi connectivity index (χ4n) is 21.3. The van der Waals surface area contributed by atoms with Gasteiger partial charge >= 0.3 is 0 Å². The first kappa shape index (κ1) is 141. The third-order valence-corrected chi connectivity index (χ3v) is 30.9. The molecule has 5 heteroatoms. The van der Waals surface area contributed by atoms with E-state index in [0.29, 0.717) is 13.2 Å². The van der Waals surface area contributed by atoms with Crippen molar-refractivity contribution < 1.29 is 31.4 Å². The molecule has 2 N–H and O–H groups in total. The van der Waals surface area contributed by atoms with Gasteiger partial charge in [0.15, 0.2) is 0 Å². The Morgan fingerprint density at radius 1 is 0.172 bits per heavy atom. The van der Waals surface area contributed by atoms with Gasteiger partial charge in [-0.1, -0.05) is 693 Å². The topological polar surface area (TPSA) is 65.8 Å². The Labute approximate surface area is 919 Å². The van der Waals surface area contributed by atoms with Gasteiger partial charge in [0.25, 0.3) is 0 Å². The number of rotatable bonds is 104. The Morgan fingerprint density at radius 2 is 0.297 bits per heavy atom. The van der Waals surface area contributed by atoms with Gasteiger partial charge in [-0.15, -0.1) is 0 Å². The van der Waals surface area contributed by atoms with E-state index in [1.807, 2.05) is 0 Å². The van der Waals surface area contributed by atoms with Crippen LogP contribution in [0, 0.1) is 47.4 Å². The molecule has 0 aromatic heterocycles. The Morgan fingerprint density at radius 3 is 0.414 bits per heavy atom. The summed E-state index contributed by atoms with van der Waals surface area (Å²) >= 11 is 0. The average Bonchev–Trinajstić information content (AvgIpc) is 1.60. The Kier molecular flexibility index (Phi) is 116. The molecular formula is C140H248N2NiO2. The van der Waals surface area contributed by atoms with E-state index < -0.39 is 0 Å². The number of benzene rings is 2. The standard InChI is InChI=1S/C132H228N2.2C4H10O.Ni/c1-7-13-19-23-27-31-35-39-43-47-51-55-59-63-67-71-75-79-83-87-91-95-99-103-107-111-123-117-124(112-108-104-100-96-92-88-84-80-76-72-68-64-60-56-52-48-44-40-36-32-28-24-20-14-8-2)120-127(119-123)131-129(115-17-11-5)130(116-18-12-6)132(134(131)133)128-121-125(113-109-105-101-97-93-89-85-81-77-73-69-65-61-57-53-49-45-41-37-33-29-25-21-15-9-3)118-126(122-128)114-110-106-102-98-94-90-86-82-78-74-70-66-62-58-54-50-46-42-38-34-30-26-22-16-10-4;2*1-2-3-4-5;/h117-122H,7-106,115-116H2,1-6H3;2*5H,2-4H2,1H3;. The number of aliphatic hydroxyl groups is 2. The van der Waals surface area contributed by atoms with Gasteiger partial charge in [-0.25, -0.2) is 4.70 Å². The predicted molar refractivity (Wildman–Crippen MR) is 647 cm³/mol. The molecule has 4 nitrogen and oxygen atoms in total. The fourth-order valence-corrected chi connectivity index (χ4v) is 21.3. The van der Waals surface area contributed by atoms with Gasteiger partial charge in [0.1, 0.15) is 0 Å².